The highest BCUT2D eigenvalue weighted by atomic mass is 32.2. The van der Waals surface area contributed by atoms with Crippen LogP contribution in [0.4, 0.5) is 0 Å². The lowest BCUT2D eigenvalue weighted by Gasteiger charge is -2.35. The van der Waals surface area contributed by atoms with Crippen molar-refractivity contribution < 1.29 is 8.42 Å². The van der Waals surface area contributed by atoms with Crippen molar-refractivity contribution in [3.63, 3.8) is 0 Å². The third-order valence-corrected chi connectivity index (χ3v) is 7.64. The molecular formula is C24H22N2O2S. The van der Waals surface area contributed by atoms with Gasteiger partial charge >= 0.3 is 0 Å². The summed E-state index contributed by atoms with van der Waals surface area (Å²) in [4.78, 5) is 3.78. The molecule has 0 bridgehead atoms. The fraction of sp³-hybridized carbons (Fsp3) is 0.167. The molecular weight excluding hydrogens is 380 g/mol. The van der Waals surface area contributed by atoms with Gasteiger partial charge in [0, 0.05) is 16.6 Å². The molecule has 0 saturated carbocycles. The zero-order valence-corrected chi connectivity index (χ0v) is 17.0. The highest BCUT2D eigenvalue weighted by molar-refractivity contribution is 7.89. The first kappa shape index (κ1) is 18.2. The van der Waals surface area contributed by atoms with Crippen molar-refractivity contribution in [2.45, 2.75) is 30.8 Å². The van der Waals surface area contributed by atoms with Gasteiger partial charge in [0.25, 0.3) is 0 Å². The van der Waals surface area contributed by atoms with Gasteiger partial charge in [0.2, 0.25) is 10.0 Å². The average Bonchev–Trinajstić information content (AvgIpc) is 3.11. The normalized spacial score (nSPS) is 17.3. The highest BCUT2D eigenvalue weighted by Crippen LogP contribution is 2.39. The summed E-state index contributed by atoms with van der Waals surface area (Å²) in [5.41, 5.74) is 5.30. The number of nitrogens with zero attached hydrogens (tertiary/aromatic N) is 1. The van der Waals surface area contributed by atoms with Gasteiger partial charge in [-0.1, -0.05) is 66.2 Å². The van der Waals surface area contributed by atoms with Gasteiger partial charge in [0.05, 0.1) is 17.5 Å². The first-order chi connectivity index (χ1) is 14.0. The van der Waals surface area contributed by atoms with Crippen LogP contribution in [0.25, 0.3) is 10.9 Å². The topological polar surface area (TPSA) is 53.2 Å². The zero-order valence-electron chi connectivity index (χ0n) is 16.2. The molecule has 0 spiro atoms. The molecule has 1 aromatic heterocycles. The van der Waals surface area contributed by atoms with Crippen molar-refractivity contribution in [2.24, 2.45) is 0 Å². The molecule has 5 heteroatoms. The van der Waals surface area contributed by atoms with Crippen molar-refractivity contribution in [3.05, 3.63) is 101 Å². The van der Waals surface area contributed by atoms with E-state index in [1.54, 1.807) is 16.4 Å². The molecule has 5 rings (SSSR count). The third-order valence-electron chi connectivity index (χ3n) is 5.77. The molecule has 4 nitrogen and oxygen atoms in total. The van der Waals surface area contributed by atoms with Gasteiger partial charge in [-0.05, 0) is 42.7 Å². The second-order valence-electron chi connectivity index (χ2n) is 7.62. The number of para-hydroxylation sites is 1. The molecule has 0 aliphatic carbocycles. The summed E-state index contributed by atoms with van der Waals surface area (Å²) < 4.78 is 28.9. The minimum absolute atomic E-state index is 0.241. The number of rotatable bonds is 3. The Morgan fingerprint density at radius 2 is 1.59 bits per heavy atom. The fourth-order valence-corrected chi connectivity index (χ4v) is 5.82. The van der Waals surface area contributed by atoms with Crippen LogP contribution in [0.3, 0.4) is 0 Å². The third kappa shape index (κ3) is 3.07. The Bertz CT molecular complexity index is 1280. The van der Waals surface area contributed by atoms with Crippen LogP contribution in [0.15, 0.2) is 83.8 Å². The summed E-state index contributed by atoms with van der Waals surface area (Å²) in [6.07, 6.45) is 0.647. The minimum atomic E-state index is -3.64. The maximum absolute atomic E-state index is 13.6. The molecule has 1 aliphatic heterocycles. The number of aryl methyl sites for hydroxylation is 1. The maximum Gasteiger partial charge on any atom is 0.243 e. The lowest BCUT2D eigenvalue weighted by molar-refractivity contribution is 0.294. The summed E-state index contributed by atoms with van der Waals surface area (Å²) >= 11 is 0. The van der Waals surface area contributed by atoms with Gasteiger partial charge in [-0.15, -0.1) is 0 Å². The molecule has 0 saturated heterocycles. The van der Waals surface area contributed by atoms with Crippen molar-refractivity contribution in [1.82, 2.24) is 9.29 Å². The highest BCUT2D eigenvalue weighted by Gasteiger charge is 2.37. The molecule has 0 radical (unpaired) electrons. The number of hydrogen-bond acceptors (Lipinski definition) is 2. The van der Waals surface area contributed by atoms with E-state index in [1.165, 1.54) is 10.9 Å². The van der Waals surface area contributed by atoms with Crippen LogP contribution in [-0.4, -0.2) is 17.7 Å². The van der Waals surface area contributed by atoms with Crippen LogP contribution >= 0.6 is 0 Å². The smallest absolute Gasteiger partial charge is 0.243 e. The predicted octanol–water partition coefficient (Wildman–Crippen LogP) is 4.96. The van der Waals surface area contributed by atoms with Crippen LogP contribution in [0.5, 0.6) is 0 Å². The van der Waals surface area contributed by atoms with E-state index in [0.29, 0.717) is 17.9 Å². The number of sulfonamides is 1. The molecule has 0 amide bonds. The fourth-order valence-electron chi connectivity index (χ4n) is 4.24. The lowest BCUT2D eigenvalue weighted by atomic mass is 9.93. The Hall–Kier alpha value is -2.89. The molecule has 4 aromatic rings. The van der Waals surface area contributed by atoms with E-state index in [-0.39, 0.29) is 6.04 Å². The average molecular weight is 403 g/mol. The molecule has 3 aromatic carbocycles. The number of aromatic nitrogens is 1. The Labute approximate surface area is 170 Å². The summed E-state index contributed by atoms with van der Waals surface area (Å²) in [5, 5.41) is 1.18. The summed E-state index contributed by atoms with van der Waals surface area (Å²) in [5.74, 6) is 0. The van der Waals surface area contributed by atoms with Gasteiger partial charge in [-0.3, -0.25) is 0 Å². The van der Waals surface area contributed by atoms with Crippen molar-refractivity contribution in [3.8, 4) is 0 Å². The summed E-state index contributed by atoms with van der Waals surface area (Å²) in [6.45, 7) is 2.29. The Kier molecular flexibility index (Phi) is 4.30. The van der Waals surface area contributed by atoms with Gasteiger partial charge in [0.1, 0.15) is 0 Å². The van der Waals surface area contributed by atoms with Crippen LogP contribution in [0.2, 0.25) is 0 Å². The number of aromatic amines is 1. The van der Waals surface area contributed by atoms with Crippen LogP contribution in [-0.2, 0) is 23.0 Å². The number of hydrogen-bond donors (Lipinski definition) is 1. The first-order valence-corrected chi connectivity index (χ1v) is 11.2. The largest absolute Gasteiger partial charge is 0.357 e. The van der Waals surface area contributed by atoms with Gasteiger partial charge in [-0.25, -0.2) is 8.42 Å². The Balaban J connectivity index is 1.66. The molecule has 0 fully saturated rings. The van der Waals surface area contributed by atoms with E-state index in [2.05, 4.69) is 11.1 Å². The quantitative estimate of drug-likeness (QED) is 0.526. The van der Waals surface area contributed by atoms with Crippen molar-refractivity contribution in [1.29, 1.82) is 0 Å². The molecule has 1 aliphatic rings. The monoisotopic (exact) mass is 402 g/mol. The number of benzene rings is 3. The summed E-state index contributed by atoms with van der Waals surface area (Å²) in [7, 11) is -3.64. The van der Waals surface area contributed by atoms with E-state index in [9.17, 15) is 8.42 Å². The Morgan fingerprint density at radius 1 is 0.897 bits per heavy atom. The molecule has 0 unspecified atom stereocenters. The Morgan fingerprint density at radius 3 is 2.34 bits per heavy atom. The second kappa shape index (κ2) is 6.87. The van der Waals surface area contributed by atoms with Crippen molar-refractivity contribution in [2.75, 3.05) is 0 Å². The number of fused-ring (bicyclic) bond motifs is 3. The molecule has 146 valence electrons. The van der Waals surface area contributed by atoms with Crippen LogP contribution in [0, 0.1) is 6.92 Å². The van der Waals surface area contributed by atoms with E-state index >= 15 is 0 Å². The molecule has 1 atom stereocenters. The zero-order chi connectivity index (χ0) is 20.0. The second-order valence-corrected chi connectivity index (χ2v) is 9.51. The molecule has 1 N–H and O–H groups in total. The first-order valence-electron chi connectivity index (χ1n) is 9.76. The van der Waals surface area contributed by atoms with Crippen LogP contribution in [0.1, 0.15) is 28.4 Å². The molecule has 29 heavy (non-hydrogen) atoms. The van der Waals surface area contributed by atoms with Gasteiger partial charge in [0.15, 0.2) is 0 Å². The van der Waals surface area contributed by atoms with E-state index in [0.717, 1.165) is 22.3 Å². The maximum atomic E-state index is 13.6. The van der Waals surface area contributed by atoms with E-state index in [4.69, 9.17) is 0 Å². The van der Waals surface area contributed by atoms with Crippen molar-refractivity contribution >= 4 is 20.9 Å². The van der Waals surface area contributed by atoms with E-state index < -0.39 is 10.0 Å². The number of nitrogens with one attached hydrogen (secondary N) is 1. The van der Waals surface area contributed by atoms with Crippen LogP contribution < -0.4 is 0 Å². The molecule has 2 heterocycles. The lowest BCUT2D eigenvalue weighted by Crippen LogP contribution is -2.38. The minimum Gasteiger partial charge on any atom is -0.357 e. The van der Waals surface area contributed by atoms with Gasteiger partial charge < -0.3 is 4.98 Å². The predicted molar refractivity (Wildman–Crippen MR) is 115 cm³/mol. The standard InChI is InChI=1S/C24H22N2O2S/c1-17-11-13-19(14-12-17)29(27,28)26-16-23-21(20-9-5-6-10-22(20)25-23)15-24(26)18-7-3-2-4-8-18/h2-14,24-25H,15-16H2,1H3/t24-/m1/s1. The summed E-state index contributed by atoms with van der Waals surface area (Å²) in [6, 6.07) is 25.0. The SMILES string of the molecule is Cc1ccc(S(=O)(=O)N2Cc3[nH]c4ccccc4c3C[C@@H]2c2ccccc2)cc1. The van der Waals surface area contributed by atoms with E-state index in [1.807, 2.05) is 67.6 Å². The number of H-pyrrole nitrogens is 1. The van der Waals surface area contributed by atoms with Gasteiger partial charge in [-0.2, -0.15) is 4.31 Å².